The molecule has 3 rings (SSSR count). The Kier molecular flexibility index (Phi) is 4.90. The molecule has 1 aliphatic heterocycles. The second-order valence-corrected chi connectivity index (χ2v) is 5.82. The van der Waals surface area contributed by atoms with Crippen molar-refractivity contribution in [2.45, 2.75) is 25.4 Å². The number of anilines is 1. The number of carbonyl (C=O) groups excluding carboxylic acids is 2. The summed E-state index contributed by atoms with van der Waals surface area (Å²) < 4.78 is 4.79. The number of rotatable bonds is 4. The SMILES string of the molecule is O=C(Nc1ccc(CC(=O)N2CCC(O)CC2)cc1)c1ccno1. The number of nitrogens with zero attached hydrogens (tertiary/aromatic N) is 2. The third kappa shape index (κ3) is 3.99. The molecule has 2 aromatic rings. The molecule has 126 valence electrons. The number of aliphatic hydroxyl groups excluding tert-OH is 1. The third-order valence-electron chi connectivity index (χ3n) is 4.05. The van der Waals surface area contributed by atoms with Gasteiger partial charge in [0.2, 0.25) is 11.7 Å². The summed E-state index contributed by atoms with van der Waals surface area (Å²) in [7, 11) is 0. The Morgan fingerprint density at radius 1 is 1.21 bits per heavy atom. The van der Waals surface area contributed by atoms with Crippen LogP contribution in [0.5, 0.6) is 0 Å². The quantitative estimate of drug-likeness (QED) is 0.885. The molecule has 0 aliphatic carbocycles. The van der Waals surface area contributed by atoms with E-state index in [2.05, 4.69) is 10.5 Å². The molecule has 2 heterocycles. The summed E-state index contributed by atoms with van der Waals surface area (Å²) in [5.74, 6) is -0.176. The van der Waals surface area contributed by atoms with Crippen molar-refractivity contribution >= 4 is 17.5 Å². The van der Waals surface area contributed by atoms with Gasteiger partial charge in [-0.1, -0.05) is 17.3 Å². The fourth-order valence-electron chi connectivity index (χ4n) is 2.63. The lowest BCUT2D eigenvalue weighted by Crippen LogP contribution is -2.40. The standard InChI is InChI=1S/C17H19N3O4/c21-14-6-9-20(10-7-14)16(22)11-12-1-3-13(4-2-12)19-17(23)15-5-8-18-24-15/h1-5,8,14,21H,6-7,9-11H2,(H,19,23). The summed E-state index contributed by atoms with van der Waals surface area (Å²) in [5, 5.41) is 15.7. The van der Waals surface area contributed by atoms with Gasteiger partial charge in [-0.15, -0.1) is 0 Å². The van der Waals surface area contributed by atoms with E-state index in [0.717, 1.165) is 5.56 Å². The highest BCUT2D eigenvalue weighted by molar-refractivity contribution is 6.02. The van der Waals surface area contributed by atoms with E-state index in [1.54, 1.807) is 17.0 Å². The van der Waals surface area contributed by atoms with Gasteiger partial charge in [0.15, 0.2) is 0 Å². The minimum atomic E-state index is -0.372. The van der Waals surface area contributed by atoms with Crippen molar-refractivity contribution in [1.82, 2.24) is 10.1 Å². The highest BCUT2D eigenvalue weighted by Gasteiger charge is 2.21. The lowest BCUT2D eigenvalue weighted by Gasteiger charge is -2.29. The molecule has 2 N–H and O–H groups in total. The number of nitrogens with one attached hydrogen (secondary N) is 1. The first-order valence-corrected chi connectivity index (χ1v) is 7.88. The highest BCUT2D eigenvalue weighted by Crippen LogP contribution is 2.15. The van der Waals surface area contributed by atoms with E-state index >= 15 is 0 Å². The predicted molar refractivity (Wildman–Crippen MR) is 86.4 cm³/mol. The van der Waals surface area contributed by atoms with E-state index < -0.39 is 0 Å². The van der Waals surface area contributed by atoms with E-state index in [4.69, 9.17) is 4.52 Å². The summed E-state index contributed by atoms with van der Waals surface area (Å²) in [4.78, 5) is 25.9. The first-order chi connectivity index (χ1) is 11.6. The average molecular weight is 329 g/mol. The monoisotopic (exact) mass is 329 g/mol. The molecule has 1 aromatic carbocycles. The summed E-state index contributed by atoms with van der Waals surface area (Å²) in [6.45, 7) is 1.21. The van der Waals surface area contributed by atoms with Crippen LogP contribution in [0.4, 0.5) is 5.69 Å². The van der Waals surface area contributed by atoms with Gasteiger partial charge in [0, 0.05) is 24.8 Å². The molecule has 2 amide bonds. The van der Waals surface area contributed by atoms with Crippen LogP contribution in [0.3, 0.4) is 0 Å². The third-order valence-corrected chi connectivity index (χ3v) is 4.05. The van der Waals surface area contributed by atoms with E-state index in [0.29, 0.717) is 38.0 Å². The average Bonchev–Trinajstić information content (AvgIpc) is 3.12. The summed E-state index contributed by atoms with van der Waals surface area (Å²) >= 11 is 0. The van der Waals surface area contributed by atoms with Crippen molar-refractivity contribution in [3.05, 3.63) is 47.9 Å². The van der Waals surface area contributed by atoms with E-state index in [9.17, 15) is 14.7 Å². The zero-order valence-corrected chi connectivity index (χ0v) is 13.1. The minimum absolute atomic E-state index is 0.0559. The van der Waals surface area contributed by atoms with Crippen LogP contribution in [0.15, 0.2) is 41.1 Å². The smallest absolute Gasteiger partial charge is 0.294 e. The van der Waals surface area contributed by atoms with Gasteiger partial charge >= 0.3 is 0 Å². The number of carbonyl (C=O) groups is 2. The Morgan fingerprint density at radius 2 is 1.92 bits per heavy atom. The fourth-order valence-corrected chi connectivity index (χ4v) is 2.63. The molecule has 7 heteroatoms. The normalized spacial score (nSPS) is 15.3. The second kappa shape index (κ2) is 7.27. The molecule has 1 saturated heterocycles. The molecule has 1 aromatic heterocycles. The van der Waals surface area contributed by atoms with Crippen molar-refractivity contribution in [1.29, 1.82) is 0 Å². The number of benzene rings is 1. The van der Waals surface area contributed by atoms with Gasteiger partial charge in [0.25, 0.3) is 5.91 Å². The Hall–Kier alpha value is -2.67. The fraction of sp³-hybridized carbons (Fsp3) is 0.353. The second-order valence-electron chi connectivity index (χ2n) is 5.82. The topological polar surface area (TPSA) is 95.7 Å². The molecule has 7 nitrogen and oxygen atoms in total. The lowest BCUT2D eigenvalue weighted by atomic mass is 10.1. The molecular formula is C17H19N3O4. The molecule has 0 saturated carbocycles. The van der Waals surface area contributed by atoms with Crippen LogP contribution in [-0.4, -0.2) is 46.2 Å². The summed E-state index contributed by atoms with van der Waals surface area (Å²) in [6.07, 6.45) is 2.70. The van der Waals surface area contributed by atoms with Gasteiger partial charge < -0.3 is 19.8 Å². The Bertz CT molecular complexity index is 689. The van der Waals surface area contributed by atoms with Crippen LogP contribution in [0.25, 0.3) is 0 Å². The maximum Gasteiger partial charge on any atom is 0.294 e. The van der Waals surface area contributed by atoms with Crippen molar-refractivity contribution in [3.63, 3.8) is 0 Å². The Labute approximate surface area is 139 Å². The predicted octanol–water partition coefficient (Wildman–Crippen LogP) is 1.45. The zero-order valence-electron chi connectivity index (χ0n) is 13.1. The number of piperidine rings is 1. The number of amides is 2. The molecule has 1 aliphatic rings. The van der Waals surface area contributed by atoms with Gasteiger partial charge in [-0.3, -0.25) is 9.59 Å². The van der Waals surface area contributed by atoms with Gasteiger partial charge in [-0.2, -0.15) is 0 Å². The van der Waals surface area contributed by atoms with Crippen LogP contribution < -0.4 is 5.32 Å². The molecule has 0 atom stereocenters. The molecule has 0 spiro atoms. The number of hydrogen-bond donors (Lipinski definition) is 2. The van der Waals surface area contributed by atoms with Gasteiger partial charge in [0.1, 0.15) is 0 Å². The van der Waals surface area contributed by atoms with Gasteiger partial charge in [0.05, 0.1) is 18.7 Å². The number of likely N-dealkylation sites (tertiary alicyclic amines) is 1. The number of hydrogen-bond acceptors (Lipinski definition) is 5. The maximum atomic E-state index is 12.2. The van der Waals surface area contributed by atoms with Crippen LogP contribution in [-0.2, 0) is 11.2 Å². The summed E-state index contributed by atoms with van der Waals surface area (Å²) in [5.41, 5.74) is 1.50. The largest absolute Gasteiger partial charge is 0.393 e. The molecule has 0 unspecified atom stereocenters. The molecule has 0 radical (unpaired) electrons. The number of aliphatic hydroxyl groups is 1. The highest BCUT2D eigenvalue weighted by atomic mass is 16.5. The Balaban J connectivity index is 1.54. The zero-order chi connectivity index (χ0) is 16.9. The van der Waals surface area contributed by atoms with Crippen LogP contribution in [0, 0.1) is 0 Å². The van der Waals surface area contributed by atoms with Crippen molar-refractivity contribution in [2.24, 2.45) is 0 Å². The lowest BCUT2D eigenvalue weighted by molar-refractivity contribution is -0.132. The van der Waals surface area contributed by atoms with E-state index in [-0.39, 0.29) is 23.7 Å². The maximum absolute atomic E-state index is 12.2. The molecule has 1 fully saturated rings. The first kappa shape index (κ1) is 16.2. The number of aromatic nitrogens is 1. The summed E-state index contributed by atoms with van der Waals surface area (Å²) in [6, 6.07) is 8.60. The van der Waals surface area contributed by atoms with Crippen molar-refractivity contribution in [2.75, 3.05) is 18.4 Å². The molecule has 24 heavy (non-hydrogen) atoms. The van der Waals surface area contributed by atoms with Gasteiger partial charge in [-0.05, 0) is 30.5 Å². The van der Waals surface area contributed by atoms with Crippen LogP contribution in [0.1, 0.15) is 29.0 Å². The van der Waals surface area contributed by atoms with Crippen molar-refractivity contribution in [3.8, 4) is 0 Å². The van der Waals surface area contributed by atoms with Crippen molar-refractivity contribution < 1.29 is 19.2 Å². The van der Waals surface area contributed by atoms with E-state index in [1.165, 1.54) is 12.3 Å². The van der Waals surface area contributed by atoms with E-state index in [1.807, 2.05) is 12.1 Å². The minimum Gasteiger partial charge on any atom is -0.393 e. The first-order valence-electron chi connectivity index (χ1n) is 7.88. The Morgan fingerprint density at radius 3 is 2.54 bits per heavy atom. The molecular weight excluding hydrogens is 310 g/mol. The van der Waals surface area contributed by atoms with Crippen LogP contribution in [0.2, 0.25) is 0 Å². The van der Waals surface area contributed by atoms with Gasteiger partial charge in [-0.25, -0.2) is 0 Å². The van der Waals surface area contributed by atoms with Crippen LogP contribution >= 0.6 is 0 Å². The molecule has 0 bridgehead atoms.